The Kier molecular flexibility index (Phi) is 10.5. The first-order chi connectivity index (χ1) is 25.1. The third kappa shape index (κ3) is 7.79. The van der Waals surface area contributed by atoms with Crippen molar-refractivity contribution in [2.24, 2.45) is 11.3 Å². The van der Waals surface area contributed by atoms with Crippen LogP contribution in [0.4, 0.5) is 5.82 Å². The molecule has 1 unspecified atom stereocenters. The van der Waals surface area contributed by atoms with E-state index in [1.165, 1.54) is 17.7 Å². The van der Waals surface area contributed by atoms with E-state index in [4.69, 9.17) is 0 Å². The Hall–Kier alpha value is -4.51. The van der Waals surface area contributed by atoms with Gasteiger partial charge in [-0.05, 0) is 79.7 Å². The van der Waals surface area contributed by atoms with Crippen molar-refractivity contribution in [2.45, 2.75) is 85.0 Å². The van der Waals surface area contributed by atoms with Gasteiger partial charge in [0.1, 0.15) is 11.5 Å². The van der Waals surface area contributed by atoms with Crippen LogP contribution in [-0.2, 0) is 22.4 Å². The normalized spacial score (nSPS) is 21.0. The van der Waals surface area contributed by atoms with Gasteiger partial charge in [-0.3, -0.25) is 29.7 Å². The highest BCUT2D eigenvalue weighted by molar-refractivity contribution is 6.01. The summed E-state index contributed by atoms with van der Waals surface area (Å²) in [7, 11) is 0. The Balaban J connectivity index is 0.00000136. The number of fused-ring (bicyclic) bond motifs is 2. The van der Waals surface area contributed by atoms with Gasteiger partial charge in [-0.1, -0.05) is 46.2 Å². The number of benzene rings is 1. The van der Waals surface area contributed by atoms with E-state index in [0.29, 0.717) is 24.2 Å². The molecular formula is C41H54N8O3. The number of aromatic nitrogens is 4. The maximum Gasteiger partial charge on any atom is 0.253 e. The van der Waals surface area contributed by atoms with Gasteiger partial charge in [-0.25, -0.2) is 4.98 Å². The second kappa shape index (κ2) is 15.2. The second-order valence-corrected chi connectivity index (χ2v) is 16.0. The molecule has 0 radical (unpaired) electrons. The van der Waals surface area contributed by atoms with Gasteiger partial charge in [0.2, 0.25) is 11.8 Å². The molecule has 3 saturated heterocycles. The molecule has 52 heavy (non-hydrogen) atoms. The van der Waals surface area contributed by atoms with Crippen LogP contribution in [0.1, 0.15) is 99.3 Å². The van der Waals surface area contributed by atoms with E-state index >= 15 is 0 Å². The summed E-state index contributed by atoms with van der Waals surface area (Å²) < 4.78 is 0. The summed E-state index contributed by atoms with van der Waals surface area (Å²) in [6.07, 6.45) is 9.19. The van der Waals surface area contributed by atoms with Crippen LogP contribution in [0, 0.1) is 11.3 Å². The lowest BCUT2D eigenvalue weighted by atomic mass is 9.76. The fraction of sp³-hybridized carbons (Fsp3) is 0.537. The van der Waals surface area contributed by atoms with Gasteiger partial charge in [0.15, 0.2) is 0 Å². The number of H-pyrrole nitrogens is 2. The number of piperazine rings is 1. The predicted octanol–water partition coefficient (Wildman–Crippen LogP) is 6.08. The predicted molar refractivity (Wildman–Crippen MR) is 204 cm³/mol. The molecule has 0 bridgehead atoms. The Morgan fingerprint density at radius 3 is 2.42 bits per heavy atom. The van der Waals surface area contributed by atoms with Gasteiger partial charge in [0.05, 0.1) is 11.6 Å². The summed E-state index contributed by atoms with van der Waals surface area (Å²) >= 11 is 0. The molecule has 276 valence electrons. The number of amides is 3. The largest absolute Gasteiger partial charge is 0.354 e. The Bertz CT molecular complexity index is 1890. The van der Waals surface area contributed by atoms with Crippen molar-refractivity contribution in [3.63, 3.8) is 0 Å². The maximum absolute atomic E-state index is 13.6. The van der Waals surface area contributed by atoms with Crippen molar-refractivity contribution in [2.75, 3.05) is 50.7 Å². The molecule has 3 fully saturated rings. The van der Waals surface area contributed by atoms with Crippen molar-refractivity contribution in [1.82, 2.24) is 35.3 Å². The van der Waals surface area contributed by atoms with E-state index in [1.54, 1.807) is 6.20 Å². The second-order valence-electron chi connectivity index (χ2n) is 16.0. The number of hydrogen-bond acceptors (Lipinski definition) is 7. The van der Waals surface area contributed by atoms with Crippen LogP contribution in [0.5, 0.6) is 0 Å². The minimum absolute atomic E-state index is 0.112. The lowest BCUT2D eigenvalue weighted by molar-refractivity contribution is -0.134. The lowest BCUT2D eigenvalue weighted by Gasteiger charge is -2.39. The van der Waals surface area contributed by atoms with E-state index in [2.05, 4.69) is 75.1 Å². The first-order valence-electron chi connectivity index (χ1n) is 19.4. The van der Waals surface area contributed by atoms with E-state index in [1.807, 2.05) is 29.2 Å². The van der Waals surface area contributed by atoms with Crippen LogP contribution < -0.4 is 10.2 Å². The summed E-state index contributed by atoms with van der Waals surface area (Å²) in [4.78, 5) is 52.4. The number of rotatable bonds is 6. The number of aromatic amines is 2. The van der Waals surface area contributed by atoms with Gasteiger partial charge < -0.3 is 14.8 Å². The quantitative estimate of drug-likeness (QED) is 0.207. The molecule has 1 aliphatic carbocycles. The third-order valence-corrected chi connectivity index (χ3v) is 11.3. The van der Waals surface area contributed by atoms with Crippen molar-refractivity contribution in [1.29, 1.82) is 0 Å². The first-order valence-corrected chi connectivity index (χ1v) is 19.4. The number of nitrogens with one attached hydrogen (secondary N) is 3. The number of hydrogen-bond donors (Lipinski definition) is 3. The molecule has 11 heteroatoms. The van der Waals surface area contributed by atoms with Gasteiger partial charge in [0.25, 0.3) is 5.91 Å². The summed E-state index contributed by atoms with van der Waals surface area (Å²) in [5.74, 6) is 0.895. The maximum atomic E-state index is 13.6. The number of imide groups is 1. The number of carbonyl (C=O) groups is 3. The highest BCUT2D eigenvalue weighted by Gasteiger charge is 2.31. The van der Waals surface area contributed by atoms with Gasteiger partial charge in [-0.2, -0.15) is 5.10 Å². The van der Waals surface area contributed by atoms with Gasteiger partial charge in [-0.15, -0.1) is 0 Å². The average Bonchev–Trinajstić information content (AvgIpc) is 3.75. The fourth-order valence-corrected chi connectivity index (χ4v) is 8.29. The number of anilines is 1. The number of likely N-dealkylation sites (tertiary alicyclic amines) is 1. The molecule has 0 saturated carbocycles. The number of nitrogens with zero attached hydrogens (tertiary/aromatic N) is 5. The highest BCUT2D eigenvalue weighted by Crippen LogP contribution is 2.38. The molecule has 3 N–H and O–H groups in total. The van der Waals surface area contributed by atoms with Crippen molar-refractivity contribution in [3.05, 3.63) is 65.0 Å². The van der Waals surface area contributed by atoms with E-state index in [9.17, 15) is 14.4 Å². The van der Waals surface area contributed by atoms with E-state index < -0.39 is 0 Å². The topological polar surface area (TPSA) is 130 Å². The number of piperidine rings is 2. The first kappa shape index (κ1) is 35.9. The van der Waals surface area contributed by atoms with Crippen molar-refractivity contribution < 1.29 is 14.4 Å². The van der Waals surface area contributed by atoms with Gasteiger partial charge >= 0.3 is 0 Å². The molecule has 6 heterocycles. The number of carbonyl (C=O) groups excluding carboxylic acids is 3. The smallest absolute Gasteiger partial charge is 0.253 e. The Labute approximate surface area is 306 Å². The minimum Gasteiger partial charge on any atom is -0.354 e. The summed E-state index contributed by atoms with van der Waals surface area (Å²) in [5, 5.41) is 11.5. The van der Waals surface area contributed by atoms with Crippen LogP contribution in [-0.4, -0.2) is 93.5 Å². The fourth-order valence-electron chi connectivity index (χ4n) is 8.29. The number of pyridine rings is 1. The summed E-state index contributed by atoms with van der Waals surface area (Å²) in [6, 6.07) is 12.2. The summed E-state index contributed by atoms with van der Waals surface area (Å²) in [6.45, 7) is 15.3. The zero-order chi connectivity index (χ0) is 36.4. The molecule has 0 spiro atoms. The standard InChI is InChI=1S/C38H46N8O3.C3H8/c1-38(2)12-9-29-32(21-38)42-43-35(29)31-19-25-3-4-26(20-30(25)40-31)37(49)46-13-10-24(11-14-46)23-44-15-17-45(18-16-44)33-7-5-27(22-39-33)28-6-8-34(47)41-36(28)48;1-3-2/h3-5,7,19-20,22,24,28,40H,6,8-18,21,23H2,1-2H3,(H,42,43)(H,41,47,48);3H2,1-2H3. The average molecular weight is 707 g/mol. The molecule has 3 aromatic heterocycles. The molecular weight excluding hydrogens is 653 g/mol. The molecule has 3 amide bonds. The zero-order valence-corrected chi connectivity index (χ0v) is 31.3. The third-order valence-electron chi connectivity index (χ3n) is 11.3. The Morgan fingerprint density at radius 2 is 1.71 bits per heavy atom. The highest BCUT2D eigenvalue weighted by atomic mass is 16.2. The molecule has 4 aliphatic rings. The van der Waals surface area contributed by atoms with Crippen LogP contribution in [0.3, 0.4) is 0 Å². The van der Waals surface area contributed by atoms with Crippen LogP contribution in [0.15, 0.2) is 42.6 Å². The van der Waals surface area contributed by atoms with Crippen LogP contribution >= 0.6 is 0 Å². The SMILES string of the molecule is CC1(C)CCc2c(-c3cc4ccc(C(=O)N5CCC(CN6CCN(c7ccc(C8CCC(=O)NC8=O)cn7)CC6)CC5)cc4[nH]3)n[nH]c2C1.CCC. The zero-order valence-electron chi connectivity index (χ0n) is 31.3. The summed E-state index contributed by atoms with van der Waals surface area (Å²) in [5.41, 5.74) is 7.47. The molecule has 1 atom stereocenters. The Morgan fingerprint density at radius 1 is 0.942 bits per heavy atom. The van der Waals surface area contributed by atoms with E-state index in [-0.39, 0.29) is 23.6 Å². The van der Waals surface area contributed by atoms with Crippen molar-refractivity contribution >= 4 is 34.4 Å². The molecule has 1 aromatic carbocycles. The molecule has 11 nitrogen and oxygen atoms in total. The molecule has 4 aromatic rings. The van der Waals surface area contributed by atoms with Crippen molar-refractivity contribution in [3.8, 4) is 11.4 Å². The van der Waals surface area contributed by atoms with Crippen LogP contribution in [0.2, 0.25) is 0 Å². The molecule has 8 rings (SSSR count). The van der Waals surface area contributed by atoms with Gasteiger partial charge in [0, 0.05) is 86.2 Å². The molecule has 3 aliphatic heterocycles. The lowest BCUT2D eigenvalue weighted by Crippen LogP contribution is -2.49. The monoisotopic (exact) mass is 706 g/mol. The van der Waals surface area contributed by atoms with Crippen LogP contribution in [0.25, 0.3) is 22.3 Å². The minimum atomic E-state index is -0.305. The van der Waals surface area contributed by atoms with E-state index in [0.717, 1.165) is 117 Å².